The number of amides is 3. The fraction of sp³-hybridized carbons (Fsp3) is 0.579. The Kier molecular flexibility index (Phi) is 6.71. The molecule has 1 fully saturated rings. The molecule has 0 aromatic carbocycles. The summed E-state index contributed by atoms with van der Waals surface area (Å²) in [6.45, 7) is 8.35. The van der Waals surface area contributed by atoms with Gasteiger partial charge in [0.1, 0.15) is 6.04 Å². The molecule has 0 saturated carbocycles. The van der Waals surface area contributed by atoms with Gasteiger partial charge in [-0.05, 0) is 37.8 Å². The van der Waals surface area contributed by atoms with E-state index in [0.717, 1.165) is 5.69 Å². The Hall–Kier alpha value is -2.44. The Morgan fingerprint density at radius 1 is 1.31 bits per heavy atom. The molecule has 1 aliphatic rings. The van der Waals surface area contributed by atoms with E-state index in [9.17, 15) is 14.4 Å². The first-order valence-electron chi connectivity index (χ1n) is 9.05. The standard InChI is InChI=1S/C19H28N4O3/c1-12(2)9-17(21-14(4)24)18(25)22-16-7-8-23(11-16)19(26)15-6-5-13(3)20-10-15/h5-6,10,12,16-17H,7-9,11H2,1-4H3,(H,21,24)(H,22,25)/t16-,17+/m1/s1. The van der Waals surface area contributed by atoms with Gasteiger partial charge in [-0.3, -0.25) is 19.4 Å². The van der Waals surface area contributed by atoms with Crippen molar-refractivity contribution < 1.29 is 14.4 Å². The van der Waals surface area contributed by atoms with Gasteiger partial charge in [-0.1, -0.05) is 13.8 Å². The molecular formula is C19H28N4O3. The van der Waals surface area contributed by atoms with Crippen LogP contribution in [-0.4, -0.2) is 52.8 Å². The van der Waals surface area contributed by atoms with Gasteiger partial charge in [0.2, 0.25) is 11.8 Å². The minimum Gasteiger partial charge on any atom is -0.350 e. The third kappa shape index (κ3) is 5.54. The van der Waals surface area contributed by atoms with Gasteiger partial charge in [0, 0.05) is 37.9 Å². The Labute approximate surface area is 154 Å². The molecular weight excluding hydrogens is 332 g/mol. The van der Waals surface area contributed by atoms with Crippen molar-refractivity contribution in [2.75, 3.05) is 13.1 Å². The van der Waals surface area contributed by atoms with Gasteiger partial charge in [-0.25, -0.2) is 0 Å². The summed E-state index contributed by atoms with van der Waals surface area (Å²) in [5.74, 6) is -0.200. The molecule has 0 aliphatic carbocycles. The van der Waals surface area contributed by atoms with E-state index in [1.54, 1.807) is 17.2 Å². The van der Waals surface area contributed by atoms with E-state index in [2.05, 4.69) is 15.6 Å². The molecule has 3 amide bonds. The third-order valence-electron chi connectivity index (χ3n) is 4.38. The second kappa shape index (κ2) is 8.78. The SMILES string of the molecule is CC(=O)N[C@@H](CC(C)C)C(=O)N[C@@H]1CCN(C(=O)c2ccc(C)nc2)C1. The summed E-state index contributed by atoms with van der Waals surface area (Å²) >= 11 is 0. The lowest BCUT2D eigenvalue weighted by atomic mass is 10.0. The van der Waals surface area contributed by atoms with Crippen LogP contribution in [0.25, 0.3) is 0 Å². The zero-order chi connectivity index (χ0) is 19.3. The number of hydrogen-bond acceptors (Lipinski definition) is 4. The van der Waals surface area contributed by atoms with Gasteiger partial charge in [-0.2, -0.15) is 0 Å². The smallest absolute Gasteiger partial charge is 0.255 e. The first-order chi connectivity index (χ1) is 12.3. The molecule has 2 atom stereocenters. The maximum Gasteiger partial charge on any atom is 0.255 e. The largest absolute Gasteiger partial charge is 0.350 e. The van der Waals surface area contributed by atoms with Crippen LogP contribution in [-0.2, 0) is 9.59 Å². The van der Waals surface area contributed by atoms with Crippen LogP contribution in [0.1, 0.15) is 49.7 Å². The number of pyridine rings is 1. The molecule has 0 unspecified atom stereocenters. The van der Waals surface area contributed by atoms with Gasteiger partial charge in [0.05, 0.1) is 5.56 Å². The molecule has 7 heteroatoms. The number of rotatable bonds is 6. The molecule has 7 nitrogen and oxygen atoms in total. The van der Waals surface area contributed by atoms with E-state index in [1.807, 2.05) is 26.8 Å². The van der Waals surface area contributed by atoms with E-state index in [1.165, 1.54) is 6.92 Å². The second-order valence-corrected chi connectivity index (χ2v) is 7.32. The number of carbonyl (C=O) groups is 3. The van der Waals surface area contributed by atoms with E-state index >= 15 is 0 Å². The minimum absolute atomic E-state index is 0.0742. The lowest BCUT2D eigenvalue weighted by Crippen LogP contribution is -2.50. The van der Waals surface area contributed by atoms with E-state index in [-0.39, 0.29) is 29.7 Å². The summed E-state index contributed by atoms with van der Waals surface area (Å²) in [4.78, 5) is 42.3. The van der Waals surface area contributed by atoms with Crippen LogP contribution in [0.15, 0.2) is 18.3 Å². The summed E-state index contributed by atoms with van der Waals surface area (Å²) in [5.41, 5.74) is 1.42. The number of aromatic nitrogens is 1. The zero-order valence-corrected chi connectivity index (χ0v) is 15.9. The molecule has 1 aromatic rings. The summed E-state index contributed by atoms with van der Waals surface area (Å²) in [6, 6.07) is 2.94. The van der Waals surface area contributed by atoms with Crippen molar-refractivity contribution in [1.82, 2.24) is 20.5 Å². The first kappa shape index (κ1) is 19.9. The van der Waals surface area contributed by atoms with Crippen molar-refractivity contribution in [2.24, 2.45) is 5.92 Å². The number of nitrogens with zero attached hydrogens (tertiary/aromatic N) is 2. The summed E-state index contributed by atoms with van der Waals surface area (Å²) < 4.78 is 0. The molecule has 142 valence electrons. The molecule has 2 N–H and O–H groups in total. The number of nitrogens with one attached hydrogen (secondary N) is 2. The van der Waals surface area contributed by atoms with Crippen molar-refractivity contribution >= 4 is 17.7 Å². The second-order valence-electron chi connectivity index (χ2n) is 7.32. The van der Waals surface area contributed by atoms with Crippen LogP contribution in [0.5, 0.6) is 0 Å². The van der Waals surface area contributed by atoms with Crippen LogP contribution in [0.4, 0.5) is 0 Å². The lowest BCUT2D eigenvalue weighted by molar-refractivity contribution is -0.128. The van der Waals surface area contributed by atoms with Gasteiger partial charge < -0.3 is 15.5 Å². The summed E-state index contributed by atoms with van der Waals surface area (Å²) in [6.07, 6.45) is 2.86. The van der Waals surface area contributed by atoms with Crippen molar-refractivity contribution in [2.45, 2.75) is 52.6 Å². The van der Waals surface area contributed by atoms with Crippen LogP contribution in [0.2, 0.25) is 0 Å². The predicted molar refractivity (Wildman–Crippen MR) is 98.5 cm³/mol. The molecule has 0 radical (unpaired) electrons. The van der Waals surface area contributed by atoms with Crippen LogP contribution in [0.3, 0.4) is 0 Å². The monoisotopic (exact) mass is 360 g/mol. The van der Waals surface area contributed by atoms with E-state index < -0.39 is 6.04 Å². The highest BCUT2D eigenvalue weighted by Crippen LogP contribution is 2.14. The number of hydrogen-bond donors (Lipinski definition) is 2. The van der Waals surface area contributed by atoms with Gasteiger partial charge in [0.15, 0.2) is 0 Å². The zero-order valence-electron chi connectivity index (χ0n) is 15.9. The topological polar surface area (TPSA) is 91.4 Å². The molecule has 1 aliphatic heterocycles. The molecule has 2 rings (SSSR count). The molecule has 2 heterocycles. The quantitative estimate of drug-likeness (QED) is 0.799. The molecule has 26 heavy (non-hydrogen) atoms. The van der Waals surface area contributed by atoms with Crippen LogP contribution in [0, 0.1) is 12.8 Å². The van der Waals surface area contributed by atoms with Crippen molar-refractivity contribution in [3.63, 3.8) is 0 Å². The first-order valence-corrected chi connectivity index (χ1v) is 9.05. The average molecular weight is 360 g/mol. The molecule has 1 saturated heterocycles. The lowest BCUT2D eigenvalue weighted by Gasteiger charge is -2.22. The fourth-order valence-corrected chi connectivity index (χ4v) is 3.09. The Balaban J connectivity index is 1.92. The normalized spacial score (nSPS) is 17.9. The number of likely N-dealkylation sites (tertiary alicyclic amines) is 1. The third-order valence-corrected chi connectivity index (χ3v) is 4.38. The average Bonchev–Trinajstić information content (AvgIpc) is 3.02. The predicted octanol–water partition coefficient (Wildman–Crippen LogP) is 1.27. The number of carbonyl (C=O) groups excluding carboxylic acids is 3. The number of aryl methyl sites for hydroxylation is 1. The highest BCUT2D eigenvalue weighted by atomic mass is 16.2. The minimum atomic E-state index is -0.543. The Morgan fingerprint density at radius 2 is 2.04 bits per heavy atom. The fourth-order valence-electron chi connectivity index (χ4n) is 3.09. The van der Waals surface area contributed by atoms with E-state index in [4.69, 9.17) is 0 Å². The van der Waals surface area contributed by atoms with Crippen molar-refractivity contribution in [3.8, 4) is 0 Å². The van der Waals surface area contributed by atoms with E-state index in [0.29, 0.717) is 31.5 Å². The highest BCUT2D eigenvalue weighted by Gasteiger charge is 2.30. The molecule has 0 bridgehead atoms. The summed E-state index contributed by atoms with van der Waals surface area (Å²) in [5, 5.41) is 5.68. The maximum absolute atomic E-state index is 12.5. The Bertz CT molecular complexity index is 657. The highest BCUT2D eigenvalue weighted by molar-refractivity contribution is 5.94. The van der Waals surface area contributed by atoms with Gasteiger partial charge in [-0.15, -0.1) is 0 Å². The van der Waals surface area contributed by atoms with Crippen LogP contribution < -0.4 is 10.6 Å². The summed E-state index contributed by atoms with van der Waals surface area (Å²) in [7, 11) is 0. The Morgan fingerprint density at radius 3 is 2.62 bits per heavy atom. The van der Waals surface area contributed by atoms with Gasteiger partial charge >= 0.3 is 0 Å². The molecule has 0 spiro atoms. The van der Waals surface area contributed by atoms with Crippen molar-refractivity contribution in [3.05, 3.63) is 29.6 Å². The van der Waals surface area contributed by atoms with Crippen molar-refractivity contribution in [1.29, 1.82) is 0 Å². The van der Waals surface area contributed by atoms with Gasteiger partial charge in [0.25, 0.3) is 5.91 Å². The molecule has 1 aromatic heterocycles. The van der Waals surface area contributed by atoms with Crippen LogP contribution >= 0.6 is 0 Å². The maximum atomic E-state index is 12.5.